The highest BCUT2D eigenvalue weighted by Crippen LogP contribution is 2.42. The second-order valence-corrected chi connectivity index (χ2v) is 35.7. The smallest absolute Gasteiger partial charge is 0.399 e. The summed E-state index contributed by atoms with van der Waals surface area (Å²) in [6.07, 6.45) is 25.9. The summed E-state index contributed by atoms with van der Waals surface area (Å²) in [5.41, 5.74) is 0.787. The van der Waals surface area contributed by atoms with Crippen LogP contribution in [0.4, 0.5) is 0 Å². The van der Waals surface area contributed by atoms with E-state index in [1.165, 1.54) is 178 Å². The molecular weight excluding hydrogens is 1230 g/mol. The predicted molar refractivity (Wildman–Crippen MR) is 398 cm³/mol. The Kier molecular flexibility index (Phi) is 27.6. The molecule has 0 bridgehead atoms. The van der Waals surface area contributed by atoms with Crippen molar-refractivity contribution >= 4 is 116 Å². The van der Waals surface area contributed by atoms with Gasteiger partial charge in [-0.2, -0.15) is 11.3 Å². The molecule has 90 heavy (non-hydrogen) atoms. The lowest BCUT2D eigenvalue weighted by Crippen LogP contribution is -2.41. The minimum Gasteiger partial charge on any atom is -0.399 e. The number of rotatable bonds is 26. The van der Waals surface area contributed by atoms with Crippen molar-refractivity contribution in [2.75, 3.05) is 0 Å². The summed E-state index contributed by atoms with van der Waals surface area (Å²) in [5, 5.41) is 4.57. The second-order valence-electron chi connectivity index (χ2n) is 29.2. The maximum atomic E-state index is 6.17. The fraction of sp³-hybridized carbons (Fsp3) is 0.667. The van der Waals surface area contributed by atoms with Gasteiger partial charge < -0.3 is 37.2 Å². The van der Waals surface area contributed by atoms with E-state index in [0.717, 1.165) is 9.55 Å². The van der Waals surface area contributed by atoms with Crippen molar-refractivity contribution in [2.24, 2.45) is 0 Å². The topological polar surface area (TPSA) is 73.8 Å². The van der Waals surface area contributed by atoms with E-state index in [2.05, 4.69) is 210 Å². The monoisotopic (exact) mass is 1340 g/mol. The molecule has 0 atom stereocenters. The van der Waals surface area contributed by atoms with E-state index in [1.54, 1.807) is 34.0 Å². The molecule has 4 aliphatic rings. The fourth-order valence-electron chi connectivity index (χ4n) is 10.6. The summed E-state index contributed by atoms with van der Waals surface area (Å²) in [6.45, 7) is 42.7. The zero-order valence-corrected chi connectivity index (χ0v) is 64.0. The van der Waals surface area contributed by atoms with E-state index in [1.807, 2.05) is 34.0 Å². The Morgan fingerprint density at radius 3 is 0.967 bits per heavy atom. The van der Waals surface area contributed by atoms with Gasteiger partial charge in [0.1, 0.15) is 0 Å². The van der Waals surface area contributed by atoms with Gasteiger partial charge in [-0.05, 0) is 226 Å². The molecule has 18 heteroatoms. The summed E-state index contributed by atoms with van der Waals surface area (Å²) in [5.74, 6) is 0. The van der Waals surface area contributed by atoms with Crippen LogP contribution in [0.5, 0.6) is 0 Å². The Labute approximate surface area is 572 Å². The molecule has 4 aliphatic heterocycles. The van der Waals surface area contributed by atoms with Crippen molar-refractivity contribution in [2.45, 2.75) is 312 Å². The fourth-order valence-corrected chi connectivity index (χ4v) is 16.6. The van der Waals surface area contributed by atoms with Crippen LogP contribution in [0.2, 0.25) is 0 Å². The van der Waals surface area contributed by atoms with Crippen molar-refractivity contribution in [3.63, 3.8) is 0 Å². The van der Waals surface area contributed by atoms with Crippen LogP contribution in [0, 0.1) is 0 Å². The molecule has 0 radical (unpaired) electrons. The first-order chi connectivity index (χ1) is 42.4. The van der Waals surface area contributed by atoms with Gasteiger partial charge in [0.2, 0.25) is 0 Å². The first kappa shape index (κ1) is 75.5. The van der Waals surface area contributed by atoms with Crippen molar-refractivity contribution in [1.82, 2.24) is 0 Å². The van der Waals surface area contributed by atoms with E-state index in [9.17, 15) is 0 Å². The summed E-state index contributed by atoms with van der Waals surface area (Å²) in [6, 6.07) is 22.3. The van der Waals surface area contributed by atoms with Crippen LogP contribution in [-0.2, 0) is 62.9 Å². The third-order valence-corrected chi connectivity index (χ3v) is 26.4. The molecule has 0 saturated carbocycles. The van der Waals surface area contributed by atoms with E-state index >= 15 is 0 Å². The van der Waals surface area contributed by atoms with Crippen LogP contribution in [0.15, 0.2) is 71.4 Å². The van der Waals surface area contributed by atoms with E-state index in [-0.39, 0.29) is 73.3 Å². The Hall–Kier alpha value is -1.86. The van der Waals surface area contributed by atoms with Gasteiger partial charge in [-0.25, -0.2) is 0 Å². The lowest BCUT2D eigenvalue weighted by molar-refractivity contribution is 0.00578. The molecule has 10 rings (SSSR count). The first-order valence-electron chi connectivity index (χ1n) is 34.3. The van der Waals surface area contributed by atoms with E-state index in [4.69, 9.17) is 37.2 Å². The summed E-state index contributed by atoms with van der Waals surface area (Å²) >= 11 is 11.0. The van der Waals surface area contributed by atoms with Gasteiger partial charge in [0.25, 0.3) is 0 Å². The molecule has 0 aromatic carbocycles. The average Bonchev–Trinajstić information content (AvgIpc) is 1.89. The molecule has 4 saturated heterocycles. The molecule has 0 spiro atoms. The third kappa shape index (κ3) is 20.1. The third-order valence-electron chi connectivity index (χ3n) is 19.5. The quantitative estimate of drug-likeness (QED) is 0.0393. The molecule has 0 aliphatic carbocycles. The average molecular weight is 1340 g/mol. The van der Waals surface area contributed by atoms with Gasteiger partial charge in [-0.3, -0.25) is 0 Å². The molecule has 0 unspecified atom stereocenters. The van der Waals surface area contributed by atoms with Gasteiger partial charge in [0.15, 0.2) is 0 Å². The van der Waals surface area contributed by atoms with Gasteiger partial charge in [-0.15, -0.1) is 56.7 Å². The zero-order chi connectivity index (χ0) is 65.8. The molecule has 496 valence electrons. The van der Waals surface area contributed by atoms with Crippen molar-refractivity contribution < 1.29 is 37.2 Å². The maximum Gasteiger partial charge on any atom is 0.505 e. The first-order valence-corrected chi connectivity index (χ1v) is 39.3. The molecule has 4 fully saturated rings. The van der Waals surface area contributed by atoms with Crippen molar-refractivity contribution in [3.05, 3.63) is 92.3 Å². The molecule has 8 nitrogen and oxygen atoms in total. The number of aryl methyl sites for hydroxylation is 4. The van der Waals surface area contributed by atoms with Gasteiger partial charge >= 0.3 is 28.5 Å². The standard InChI is InChI=1S/2C20H29BO2S2.2C16H27BO2S/c1-6-7-8-9-10-15-13-17(24-14-15)16-11-12-18(25-16)21-22-19(2,3)20(4,5)23-21;1-6-7-8-9-10-15-11-12-16(24-15)17-13-14-18(25-17)21-22-19(2,3)20(4,5)23-21;1-6-7-8-9-10-13-11-14(20-12-13)17-18-15(2,3)16(4,5)19-17;1-6-7-8-9-10-13-11-12-14(20-13)17-18-15(2,3)16(4,5)19-17/h2*11-14H,6-10H2,1-5H3;2*11-12H,6-10H2,1-5H3. The van der Waals surface area contributed by atoms with Crippen LogP contribution in [-0.4, -0.2) is 73.3 Å². The van der Waals surface area contributed by atoms with Gasteiger partial charge in [0.05, 0.1) is 44.8 Å². The Morgan fingerprint density at radius 2 is 0.567 bits per heavy atom. The Balaban J connectivity index is 0.000000172. The van der Waals surface area contributed by atoms with Crippen LogP contribution < -0.4 is 19.1 Å². The summed E-state index contributed by atoms with van der Waals surface area (Å²) in [7, 11) is -0.904. The second kappa shape index (κ2) is 32.9. The number of hydrogen-bond donors (Lipinski definition) is 0. The van der Waals surface area contributed by atoms with Crippen molar-refractivity contribution in [3.8, 4) is 19.5 Å². The van der Waals surface area contributed by atoms with E-state index in [0.29, 0.717) is 0 Å². The highest BCUT2D eigenvalue weighted by molar-refractivity contribution is 7.28. The lowest BCUT2D eigenvalue weighted by Gasteiger charge is -2.32. The number of hydrogen-bond acceptors (Lipinski definition) is 14. The highest BCUT2D eigenvalue weighted by atomic mass is 32.1. The highest BCUT2D eigenvalue weighted by Gasteiger charge is 2.55. The van der Waals surface area contributed by atoms with E-state index < -0.39 is 0 Å². The molecule has 0 amide bonds. The van der Waals surface area contributed by atoms with Gasteiger partial charge in [-0.1, -0.05) is 123 Å². The molecule has 6 aromatic rings. The SMILES string of the molecule is CCCCCCc1ccc(-c2ccc(B3OC(C)(C)C(C)(C)O3)s2)s1.CCCCCCc1ccc(B2OC(C)(C)C(C)(C)O2)s1.CCCCCCc1csc(-c2ccc(B3OC(C)(C)C(C)(C)O3)s2)c1.CCCCCCc1csc(B2OC(C)(C)C(C)(C)O2)c1. The molecule has 6 aromatic heterocycles. The molecular formula is C72H112B4O8S6. The minimum atomic E-state index is -0.281. The predicted octanol–water partition coefficient (Wildman–Crippen LogP) is 20.1. The van der Waals surface area contributed by atoms with Gasteiger partial charge in [0, 0.05) is 48.4 Å². The van der Waals surface area contributed by atoms with Crippen LogP contribution in [0.3, 0.4) is 0 Å². The molecule has 0 N–H and O–H groups in total. The van der Waals surface area contributed by atoms with Crippen LogP contribution >= 0.6 is 68.0 Å². The number of unbranched alkanes of at least 4 members (excludes halogenated alkanes) is 12. The minimum absolute atomic E-state index is 0.200. The molecule has 10 heterocycles. The Morgan fingerprint density at radius 1 is 0.278 bits per heavy atom. The van der Waals surface area contributed by atoms with Crippen LogP contribution in [0.1, 0.15) is 262 Å². The summed E-state index contributed by atoms with van der Waals surface area (Å²) < 4.78 is 53.8. The number of thiophene rings is 6. The largest absolute Gasteiger partial charge is 0.505 e. The maximum absolute atomic E-state index is 6.17. The normalized spacial score (nSPS) is 19.6. The summed E-state index contributed by atoms with van der Waals surface area (Å²) in [4.78, 5) is 8.29. The lowest BCUT2D eigenvalue weighted by atomic mass is 9.87. The van der Waals surface area contributed by atoms with Crippen molar-refractivity contribution in [1.29, 1.82) is 0 Å². The van der Waals surface area contributed by atoms with Crippen LogP contribution in [0.25, 0.3) is 19.5 Å². The Bertz CT molecular complexity index is 2820. The zero-order valence-electron chi connectivity index (χ0n) is 59.1.